The molecule has 1 aliphatic rings. The summed E-state index contributed by atoms with van der Waals surface area (Å²) in [5.41, 5.74) is 2.01. The number of hydrogen-bond acceptors (Lipinski definition) is 5. The number of fused-ring (bicyclic) bond motifs is 1. The molecule has 22 heavy (non-hydrogen) atoms. The van der Waals surface area contributed by atoms with E-state index in [2.05, 4.69) is 15.8 Å². The van der Waals surface area contributed by atoms with Gasteiger partial charge in [0.15, 0.2) is 6.10 Å². The Balaban J connectivity index is 1.84. The highest BCUT2D eigenvalue weighted by Gasteiger charge is 2.24. The van der Waals surface area contributed by atoms with Crippen molar-refractivity contribution in [3.8, 4) is 5.75 Å². The number of carbonyl (C=O) groups is 2. The number of benzene rings is 1. The first-order chi connectivity index (χ1) is 10.5. The zero-order chi connectivity index (χ0) is 15.9. The summed E-state index contributed by atoms with van der Waals surface area (Å²) in [6, 6.07) is 5.06. The highest BCUT2D eigenvalue weighted by atomic mass is 16.5. The number of rotatable bonds is 2. The van der Waals surface area contributed by atoms with Crippen molar-refractivity contribution in [3.63, 3.8) is 0 Å². The van der Waals surface area contributed by atoms with Crippen LogP contribution in [-0.4, -0.2) is 23.1 Å². The number of anilines is 2. The lowest BCUT2D eigenvalue weighted by molar-refractivity contribution is -0.122. The number of aromatic nitrogens is 1. The molecule has 1 aromatic carbocycles. The van der Waals surface area contributed by atoms with Gasteiger partial charge in [0.05, 0.1) is 11.4 Å². The third-order valence-electron chi connectivity index (χ3n) is 3.43. The Morgan fingerprint density at radius 2 is 2.14 bits per heavy atom. The van der Waals surface area contributed by atoms with Crippen molar-refractivity contribution in [1.82, 2.24) is 5.16 Å². The Bertz CT molecular complexity index is 747. The van der Waals surface area contributed by atoms with Crippen LogP contribution in [0.3, 0.4) is 0 Å². The van der Waals surface area contributed by atoms with E-state index in [0.717, 1.165) is 0 Å². The minimum Gasteiger partial charge on any atom is -0.479 e. The second kappa shape index (κ2) is 5.18. The van der Waals surface area contributed by atoms with Gasteiger partial charge in [-0.2, -0.15) is 0 Å². The van der Waals surface area contributed by atoms with Crippen molar-refractivity contribution in [2.24, 2.45) is 0 Å². The molecule has 1 atom stereocenters. The third-order valence-corrected chi connectivity index (χ3v) is 3.43. The maximum atomic E-state index is 12.3. The van der Waals surface area contributed by atoms with Crippen LogP contribution in [0.25, 0.3) is 0 Å². The molecule has 1 unspecified atom stereocenters. The van der Waals surface area contributed by atoms with Crippen molar-refractivity contribution in [3.05, 3.63) is 35.2 Å². The summed E-state index contributed by atoms with van der Waals surface area (Å²) in [6.45, 7) is 5.05. The molecule has 2 heterocycles. The average Bonchev–Trinajstić information content (AvgIpc) is 2.80. The van der Waals surface area contributed by atoms with Crippen LogP contribution >= 0.6 is 0 Å². The van der Waals surface area contributed by atoms with E-state index in [9.17, 15) is 9.59 Å². The monoisotopic (exact) mass is 301 g/mol. The molecule has 0 spiro atoms. The summed E-state index contributed by atoms with van der Waals surface area (Å²) in [5, 5.41) is 9.25. The molecule has 0 fully saturated rings. The summed E-state index contributed by atoms with van der Waals surface area (Å²) in [5.74, 6) is 0.496. The van der Waals surface area contributed by atoms with Crippen LogP contribution in [0.2, 0.25) is 0 Å². The van der Waals surface area contributed by atoms with Crippen LogP contribution in [-0.2, 0) is 4.79 Å². The smallest absolute Gasteiger partial charge is 0.265 e. The summed E-state index contributed by atoms with van der Waals surface area (Å²) in [6.07, 6.45) is -0.532. The lowest BCUT2D eigenvalue weighted by atomic mass is 10.1. The quantitative estimate of drug-likeness (QED) is 0.887. The number of carbonyl (C=O) groups excluding carboxylic acids is 2. The average molecular weight is 301 g/mol. The van der Waals surface area contributed by atoms with E-state index < -0.39 is 6.10 Å². The molecule has 2 N–H and O–H groups in total. The number of hydrogen-bond donors (Lipinski definition) is 2. The van der Waals surface area contributed by atoms with Gasteiger partial charge in [-0.05, 0) is 39.0 Å². The van der Waals surface area contributed by atoms with Crippen molar-refractivity contribution in [2.75, 3.05) is 10.6 Å². The minimum atomic E-state index is -0.532. The molecule has 7 nitrogen and oxygen atoms in total. The first-order valence-corrected chi connectivity index (χ1v) is 6.81. The van der Waals surface area contributed by atoms with E-state index in [1.54, 1.807) is 39.0 Å². The van der Waals surface area contributed by atoms with E-state index in [1.165, 1.54) is 0 Å². The largest absolute Gasteiger partial charge is 0.479 e. The standard InChI is InChI=1S/C15H15N3O4/c1-7-13(8(2)22-18-7)15(20)16-10-4-5-12-11(6-10)17-14(19)9(3)21-12/h4-6,9H,1-3H3,(H,16,20)(H,17,19). The topological polar surface area (TPSA) is 93.5 Å². The van der Waals surface area contributed by atoms with Crippen molar-refractivity contribution in [1.29, 1.82) is 0 Å². The van der Waals surface area contributed by atoms with Gasteiger partial charge in [0.2, 0.25) is 0 Å². The number of amides is 2. The van der Waals surface area contributed by atoms with Crippen molar-refractivity contribution in [2.45, 2.75) is 26.9 Å². The summed E-state index contributed by atoms with van der Waals surface area (Å²) in [7, 11) is 0. The number of nitrogens with one attached hydrogen (secondary N) is 2. The summed E-state index contributed by atoms with van der Waals surface area (Å²) < 4.78 is 10.4. The van der Waals surface area contributed by atoms with Gasteiger partial charge >= 0.3 is 0 Å². The molecule has 0 bridgehead atoms. The molecular formula is C15H15N3O4. The molecule has 114 valence electrons. The van der Waals surface area contributed by atoms with Crippen LogP contribution < -0.4 is 15.4 Å². The SMILES string of the molecule is Cc1noc(C)c1C(=O)Nc1ccc2c(c1)NC(=O)C(C)O2. The number of nitrogens with zero attached hydrogens (tertiary/aromatic N) is 1. The molecular weight excluding hydrogens is 286 g/mol. The molecule has 0 radical (unpaired) electrons. The first-order valence-electron chi connectivity index (χ1n) is 6.81. The number of ether oxygens (including phenoxy) is 1. The van der Waals surface area contributed by atoms with Gasteiger partial charge in [0.1, 0.15) is 17.1 Å². The van der Waals surface area contributed by atoms with Gasteiger partial charge in [-0.15, -0.1) is 0 Å². The van der Waals surface area contributed by atoms with Crippen molar-refractivity contribution >= 4 is 23.2 Å². The fourth-order valence-corrected chi connectivity index (χ4v) is 2.29. The maximum Gasteiger partial charge on any atom is 0.265 e. The Morgan fingerprint density at radius 3 is 2.82 bits per heavy atom. The molecule has 0 saturated carbocycles. The van der Waals surface area contributed by atoms with E-state index in [1.807, 2.05) is 0 Å². The molecule has 7 heteroatoms. The Labute approximate surface area is 126 Å². The predicted molar refractivity (Wildman–Crippen MR) is 79.1 cm³/mol. The molecule has 2 amide bonds. The molecule has 1 aliphatic heterocycles. The maximum absolute atomic E-state index is 12.3. The predicted octanol–water partition coefficient (Wildman–Crippen LogP) is 2.26. The van der Waals surface area contributed by atoms with Crippen LogP contribution in [0.1, 0.15) is 28.7 Å². The Kier molecular flexibility index (Phi) is 3.32. The molecule has 0 saturated heterocycles. The normalized spacial score (nSPS) is 16.5. The Morgan fingerprint density at radius 1 is 1.36 bits per heavy atom. The first kappa shape index (κ1) is 14.1. The second-order valence-corrected chi connectivity index (χ2v) is 5.11. The fraction of sp³-hybridized carbons (Fsp3) is 0.267. The highest BCUT2D eigenvalue weighted by Crippen LogP contribution is 2.32. The zero-order valence-corrected chi connectivity index (χ0v) is 12.4. The van der Waals surface area contributed by atoms with Gasteiger partial charge in [-0.25, -0.2) is 0 Å². The lowest BCUT2D eigenvalue weighted by Crippen LogP contribution is -2.34. The van der Waals surface area contributed by atoms with E-state index in [-0.39, 0.29) is 11.8 Å². The van der Waals surface area contributed by atoms with Gasteiger partial charge in [-0.3, -0.25) is 9.59 Å². The summed E-state index contributed by atoms with van der Waals surface area (Å²) in [4.78, 5) is 23.9. The van der Waals surface area contributed by atoms with Crippen LogP contribution in [0.15, 0.2) is 22.7 Å². The fourth-order valence-electron chi connectivity index (χ4n) is 2.29. The molecule has 2 aromatic rings. The zero-order valence-electron chi connectivity index (χ0n) is 12.4. The van der Waals surface area contributed by atoms with Gasteiger partial charge in [-0.1, -0.05) is 5.16 Å². The van der Waals surface area contributed by atoms with Crippen LogP contribution in [0.4, 0.5) is 11.4 Å². The molecule has 3 rings (SSSR count). The van der Waals surface area contributed by atoms with Gasteiger partial charge < -0.3 is 19.9 Å². The van der Waals surface area contributed by atoms with E-state index in [4.69, 9.17) is 9.26 Å². The Hall–Kier alpha value is -2.83. The lowest BCUT2D eigenvalue weighted by Gasteiger charge is -2.23. The van der Waals surface area contributed by atoms with Crippen LogP contribution in [0, 0.1) is 13.8 Å². The van der Waals surface area contributed by atoms with E-state index >= 15 is 0 Å². The summed E-state index contributed by atoms with van der Waals surface area (Å²) >= 11 is 0. The minimum absolute atomic E-state index is 0.221. The number of aryl methyl sites for hydroxylation is 2. The molecule has 1 aromatic heterocycles. The van der Waals surface area contributed by atoms with Crippen molar-refractivity contribution < 1.29 is 18.8 Å². The molecule has 0 aliphatic carbocycles. The van der Waals surface area contributed by atoms with E-state index in [0.29, 0.717) is 34.1 Å². The van der Waals surface area contributed by atoms with Gasteiger partial charge in [0, 0.05) is 5.69 Å². The highest BCUT2D eigenvalue weighted by molar-refractivity contribution is 6.06. The van der Waals surface area contributed by atoms with Crippen LogP contribution in [0.5, 0.6) is 5.75 Å². The second-order valence-electron chi connectivity index (χ2n) is 5.11. The third kappa shape index (κ3) is 2.41. The van der Waals surface area contributed by atoms with Gasteiger partial charge in [0.25, 0.3) is 11.8 Å².